The predicted molar refractivity (Wildman–Crippen MR) is 123 cm³/mol. The Kier molecular flexibility index (Phi) is 5.01. The normalized spacial score (nSPS) is 11.0. The van der Waals surface area contributed by atoms with Gasteiger partial charge in [-0.1, -0.05) is 18.2 Å². The number of fused-ring (bicyclic) bond motifs is 2. The molecule has 7 heteroatoms. The molecule has 152 valence electrons. The van der Waals surface area contributed by atoms with Crippen molar-refractivity contribution in [2.24, 2.45) is 0 Å². The van der Waals surface area contributed by atoms with Crippen LogP contribution in [-0.2, 0) is 4.79 Å². The number of hydrogen-bond donors (Lipinski definition) is 1. The fraction of sp³-hybridized carbons (Fsp3) is 0.0833. The van der Waals surface area contributed by atoms with Gasteiger partial charge in [0, 0.05) is 11.3 Å². The number of nitrogens with zero attached hydrogens (tertiary/aromatic N) is 3. The lowest BCUT2D eigenvalue weighted by Crippen LogP contribution is -2.20. The highest BCUT2D eigenvalue weighted by Crippen LogP contribution is 2.31. The van der Waals surface area contributed by atoms with Crippen LogP contribution in [0.4, 0.5) is 5.69 Å². The summed E-state index contributed by atoms with van der Waals surface area (Å²) in [4.78, 5) is 25.4. The van der Waals surface area contributed by atoms with E-state index in [1.54, 1.807) is 11.3 Å². The molecule has 1 N–H and O–H groups in total. The van der Waals surface area contributed by atoms with Crippen LogP contribution >= 0.6 is 11.3 Å². The maximum absolute atomic E-state index is 12.3. The van der Waals surface area contributed by atoms with Crippen LogP contribution in [0, 0.1) is 6.92 Å². The molecule has 3 aromatic carbocycles. The summed E-state index contributed by atoms with van der Waals surface area (Å²) in [5.74, 6) is 0.132. The van der Waals surface area contributed by atoms with Crippen LogP contribution in [0.3, 0.4) is 0 Å². The van der Waals surface area contributed by atoms with Crippen molar-refractivity contribution in [1.82, 2.24) is 15.0 Å². The zero-order chi connectivity index (χ0) is 21.2. The summed E-state index contributed by atoms with van der Waals surface area (Å²) in [6.45, 7) is 1.94. The maximum atomic E-state index is 12.3. The number of hydrogen-bond acceptors (Lipinski definition) is 6. The lowest BCUT2D eigenvalue weighted by molar-refractivity contribution is -0.118. The van der Waals surface area contributed by atoms with Gasteiger partial charge >= 0.3 is 0 Å². The zero-order valence-electron chi connectivity index (χ0n) is 16.7. The van der Waals surface area contributed by atoms with Crippen molar-refractivity contribution in [3.05, 3.63) is 78.6 Å². The van der Waals surface area contributed by atoms with Gasteiger partial charge in [-0.3, -0.25) is 4.79 Å². The molecule has 0 saturated heterocycles. The molecule has 5 aromatic rings. The molecule has 6 nitrogen and oxygen atoms in total. The van der Waals surface area contributed by atoms with Crippen molar-refractivity contribution in [2.75, 3.05) is 11.9 Å². The van der Waals surface area contributed by atoms with Crippen molar-refractivity contribution in [2.45, 2.75) is 6.92 Å². The molecular weight excluding hydrogens is 408 g/mol. The van der Waals surface area contributed by atoms with E-state index in [2.05, 4.69) is 34.3 Å². The van der Waals surface area contributed by atoms with Gasteiger partial charge in [0.2, 0.25) is 5.88 Å². The zero-order valence-corrected chi connectivity index (χ0v) is 17.5. The first-order valence-corrected chi connectivity index (χ1v) is 10.6. The fourth-order valence-electron chi connectivity index (χ4n) is 3.28. The number of rotatable bonds is 5. The minimum Gasteiger partial charge on any atom is -0.467 e. The highest BCUT2D eigenvalue weighted by atomic mass is 32.1. The maximum Gasteiger partial charge on any atom is 0.262 e. The Bertz CT molecular complexity index is 1390. The van der Waals surface area contributed by atoms with E-state index in [4.69, 9.17) is 9.72 Å². The Labute approximate surface area is 182 Å². The van der Waals surface area contributed by atoms with Crippen molar-refractivity contribution in [3.8, 4) is 16.5 Å². The van der Waals surface area contributed by atoms with Crippen molar-refractivity contribution < 1.29 is 9.53 Å². The third kappa shape index (κ3) is 4.08. The van der Waals surface area contributed by atoms with E-state index in [1.165, 1.54) is 16.6 Å². The van der Waals surface area contributed by atoms with E-state index < -0.39 is 0 Å². The van der Waals surface area contributed by atoms with Gasteiger partial charge in [-0.2, -0.15) is 0 Å². The molecule has 5 rings (SSSR count). The molecule has 0 fully saturated rings. The van der Waals surface area contributed by atoms with Crippen LogP contribution in [0.15, 0.2) is 73.1 Å². The largest absolute Gasteiger partial charge is 0.467 e. The van der Waals surface area contributed by atoms with E-state index in [-0.39, 0.29) is 12.5 Å². The molecule has 0 spiro atoms. The predicted octanol–water partition coefficient (Wildman–Crippen LogP) is 5.23. The second kappa shape index (κ2) is 8.12. The number of para-hydroxylation sites is 1. The van der Waals surface area contributed by atoms with Crippen LogP contribution in [0.25, 0.3) is 31.7 Å². The van der Waals surface area contributed by atoms with Crippen LogP contribution in [0.1, 0.15) is 5.56 Å². The SMILES string of the molecule is Cc1ccc2nc(-c3ccc(NC(=O)COc4ncnc5ccccc45)cc3)sc2c1. The summed E-state index contributed by atoms with van der Waals surface area (Å²) >= 11 is 1.66. The first kappa shape index (κ1) is 19.1. The number of aryl methyl sites for hydroxylation is 1. The number of aromatic nitrogens is 3. The number of carbonyl (C=O) groups is 1. The number of nitrogens with one attached hydrogen (secondary N) is 1. The highest BCUT2D eigenvalue weighted by Gasteiger charge is 2.10. The molecule has 0 aliphatic rings. The molecule has 2 heterocycles. The molecule has 1 amide bonds. The smallest absolute Gasteiger partial charge is 0.262 e. The van der Waals surface area contributed by atoms with Crippen LogP contribution in [0.5, 0.6) is 5.88 Å². The van der Waals surface area contributed by atoms with Gasteiger partial charge in [-0.25, -0.2) is 15.0 Å². The summed E-state index contributed by atoms with van der Waals surface area (Å²) < 4.78 is 6.79. The van der Waals surface area contributed by atoms with E-state index in [0.717, 1.165) is 27.0 Å². The van der Waals surface area contributed by atoms with Crippen LogP contribution in [-0.4, -0.2) is 27.5 Å². The monoisotopic (exact) mass is 426 g/mol. The van der Waals surface area contributed by atoms with E-state index in [1.807, 2.05) is 54.6 Å². The van der Waals surface area contributed by atoms with Gasteiger partial charge in [0.1, 0.15) is 11.3 Å². The average molecular weight is 427 g/mol. The third-order valence-corrected chi connectivity index (χ3v) is 5.87. The quantitative estimate of drug-likeness (QED) is 0.416. The summed E-state index contributed by atoms with van der Waals surface area (Å²) in [7, 11) is 0. The number of thiazole rings is 1. The molecule has 0 unspecified atom stereocenters. The summed E-state index contributed by atoms with van der Waals surface area (Å²) in [6.07, 6.45) is 1.43. The molecule has 0 radical (unpaired) electrons. The average Bonchev–Trinajstić information content (AvgIpc) is 3.21. The Morgan fingerprint density at radius 2 is 1.84 bits per heavy atom. The number of ether oxygens (including phenoxy) is 1. The van der Waals surface area contributed by atoms with Crippen molar-refractivity contribution in [3.63, 3.8) is 0 Å². The topological polar surface area (TPSA) is 77.0 Å². The first-order chi connectivity index (χ1) is 15.2. The molecule has 0 bridgehead atoms. The molecule has 0 atom stereocenters. The summed E-state index contributed by atoms with van der Waals surface area (Å²) in [5.41, 5.74) is 4.70. The Morgan fingerprint density at radius 3 is 2.71 bits per heavy atom. The molecule has 0 aliphatic carbocycles. The number of carbonyl (C=O) groups excluding carboxylic acids is 1. The van der Waals surface area contributed by atoms with E-state index in [9.17, 15) is 4.79 Å². The first-order valence-electron chi connectivity index (χ1n) is 9.76. The van der Waals surface area contributed by atoms with Crippen LogP contribution in [0.2, 0.25) is 0 Å². The minimum atomic E-state index is -0.258. The van der Waals surface area contributed by atoms with E-state index >= 15 is 0 Å². The van der Waals surface area contributed by atoms with Gasteiger partial charge < -0.3 is 10.1 Å². The lowest BCUT2D eigenvalue weighted by Gasteiger charge is -2.09. The fourth-order valence-corrected chi connectivity index (χ4v) is 4.35. The van der Waals surface area contributed by atoms with Gasteiger partial charge in [-0.15, -0.1) is 11.3 Å². The Morgan fingerprint density at radius 1 is 1.00 bits per heavy atom. The summed E-state index contributed by atoms with van der Waals surface area (Å²) in [5, 5.41) is 4.58. The third-order valence-electron chi connectivity index (χ3n) is 4.81. The van der Waals surface area contributed by atoms with E-state index in [0.29, 0.717) is 11.6 Å². The van der Waals surface area contributed by atoms with Gasteiger partial charge in [0.25, 0.3) is 5.91 Å². The lowest BCUT2D eigenvalue weighted by atomic mass is 10.2. The molecule has 31 heavy (non-hydrogen) atoms. The summed E-state index contributed by atoms with van der Waals surface area (Å²) in [6, 6.07) is 21.4. The van der Waals surface area contributed by atoms with Crippen molar-refractivity contribution in [1.29, 1.82) is 0 Å². The molecule has 0 saturated carbocycles. The minimum absolute atomic E-state index is 0.139. The Balaban J connectivity index is 1.25. The molecule has 2 aromatic heterocycles. The standard InChI is InChI=1S/C24H18N4O2S/c1-15-6-11-20-21(12-15)31-24(28-20)16-7-9-17(10-8-16)27-22(29)13-30-23-18-4-2-3-5-19(18)25-14-26-23/h2-12,14H,13H2,1H3,(H,27,29). The van der Waals surface area contributed by atoms with Crippen molar-refractivity contribution >= 4 is 44.1 Å². The number of anilines is 1. The van der Waals surface area contributed by atoms with Gasteiger partial charge in [0.05, 0.1) is 21.1 Å². The highest BCUT2D eigenvalue weighted by molar-refractivity contribution is 7.21. The van der Waals surface area contributed by atoms with Gasteiger partial charge in [-0.05, 0) is 61.0 Å². The second-order valence-electron chi connectivity index (χ2n) is 7.10. The van der Waals surface area contributed by atoms with Gasteiger partial charge in [0.15, 0.2) is 6.61 Å². The number of amides is 1. The Hall–Kier alpha value is -3.84. The number of benzene rings is 3. The molecular formula is C24H18N4O2S. The van der Waals surface area contributed by atoms with Crippen LogP contribution < -0.4 is 10.1 Å². The molecule has 0 aliphatic heterocycles. The second-order valence-corrected chi connectivity index (χ2v) is 8.13.